The van der Waals surface area contributed by atoms with Gasteiger partial charge in [-0.25, -0.2) is 4.39 Å². The third-order valence-corrected chi connectivity index (χ3v) is 4.69. The Labute approximate surface area is 134 Å². The fourth-order valence-corrected chi connectivity index (χ4v) is 2.46. The van der Waals surface area contributed by atoms with E-state index in [0.717, 1.165) is 3.57 Å². The SMILES string of the molecule is OC(Cc1cc(F)ccc1Cl)c1ccc(I)c(Cl)c1. The van der Waals surface area contributed by atoms with Crippen LogP contribution in [0.25, 0.3) is 0 Å². The van der Waals surface area contributed by atoms with Crippen LogP contribution in [-0.2, 0) is 6.42 Å². The summed E-state index contributed by atoms with van der Waals surface area (Å²) in [6.45, 7) is 0. The summed E-state index contributed by atoms with van der Waals surface area (Å²) in [5.74, 6) is -0.368. The maximum atomic E-state index is 13.2. The van der Waals surface area contributed by atoms with Gasteiger partial charge < -0.3 is 5.11 Å². The molecule has 1 unspecified atom stereocenters. The van der Waals surface area contributed by atoms with Crippen LogP contribution in [0.1, 0.15) is 17.2 Å². The summed E-state index contributed by atoms with van der Waals surface area (Å²) in [5.41, 5.74) is 1.26. The first-order chi connectivity index (χ1) is 8.97. The standard InChI is InChI=1S/C14H10Cl2FIO/c15-11-3-2-10(17)5-9(11)7-14(19)8-1-4-13(18)12(16)6-8/h1-6,14,19H,7H2. The predicted octanol–water partition coefficient (Wildman–Crippen LogP) is 5.01. The molecule has 2 aromatic carbocycles. The Morgan fingerprint density at radius 1 is 1.11 bits per heavy atom. The molecule has 1 N–H and O–H groups in total. The van der Waals surface area contributed by atoms with Crippen molar-refractivity contribution in [3.05, 3.63) is 67.0 Å². The van der Waals surface area contributed by atoms with Crippen molar-refractivity contribution < 1.29 is 9.50 Å². The van der Waals surface area contributed by atoms with E-state index in [1.807, 2.05) is 6.07 Å². The Bertz CT molecular complexity index is 604. The highest BCUT2D eigenvalue weighted by atomic mass is 127. The lowest BCUT2D eigenvalue weighted by Crippen LogP contribution is -2.03. The van der Waals surface area contributed by atoms with E-state index < -0.39 is 6.10 Å². The van der Waals surface area contributed by atoms with Gasteiger partial charge in [0.1, 0.15) is 5.82 Å². The van der Waals surface area contributed by atoms with Crippen molar-refractivity contribution in [3.63, 3.8) is 0 Å². The Kier molecular flexibility index (Phi) is 5.06. The molecule has 2 aromatic rings. The molecule has 0 saturated carbocycles. The van der Waals surface area contributed by atoms with E-state index in [1.54, 1.807) is 12.1 Å². The van der Waals surface area contributed by atoms with Crippen LogP contribution in [0.3, 0.4) is 0 Å². The highest BCUT2D eigenvalue weighted by Crippen LogP contribution is 2.27. The van der Waals surface area contributed by atoms with Gasteiger partial charge in [-0.15, -0.1) is 0 Å². The molecule has 0 saturated heterocycles. The molecule has 0 amide bonds. The van der Waals surface area contributed by atoms with Gasteiger partial charge in [0, 0.05) is 15.0 Å². The maximum absolute atomic E-state index is 13.2. The molecule has 0 aromatic heterocycles. The lowest BCUT2D eigenvalue weighted by molar-refractivity contribution is 0.178. The first-order valence-corrected chi connectivity index (χ1v) is 7.38. The van der Waals surface area contributed by atoms with E-state index >= 15 is 0 Å². The Morgan fingerprint density at radius 3 is 2.53 bits per heavy atom. The molecule has 0 aliphatic rings. The maximum Gasteiger partial charge on any atom is 0.123 e. The quantitative estimate of drug-likeness (QED) is 0.705. The van der Waals surface area contributed by atoms with Crippen LogP contribution in [-0.4, -0.2) is 5.11 Å². The van der Waals surface area contributed by atoms with Gasteiger partial charge in [-0.3, -0.25) is 0 Å². The van der Waals surface area contributed by atoms with E-state index in [-0.39, 0.29) is 12.2 Å². The second kappa shape index (κ2) is 6.39. The highest BCUT2D eigenvalue weighted by molar-refractivity contribution is 14.1. The molecule has 1 atom stereocenters. The van der Waals surface area contributed by atoms with Gasteiger partial charge in [0.2, 0.25) is 0 Å². The predicted molar refractivity (Wildman–Crippen MR) is 84.2 cm³/mol. The Balaban J connectivity index is 2.22. The van der Waals surface area contributed by atoms with Crippen LogP contribution in [0.4, 0.5) is 4.39 Å². The van der Waals surface area contributed by atoms with E-state index in [9.17, 15) is 9.50 Å². The fourth-order valence-electron chi connectivity index (χ4n) is 1.75. The Hall–Kier alpha value is -0.360. The van der Waals surface area contributed by atoms with Crippen molar-refractivity contribution in [2.75, 3.05) is 0 Å². The number of hydrogen-bond donors (Lipinski definition) is 1. The van der Waals surface area contributed by atoms with Gasteiger partial charge in [-0.1, -0.05) is 29.3 Å². The van der Waals surface area contributed by atoms with Gasteiger partial charge in [0.15, 0.2) is 0 Å². The largest absolute Gasteiger partial charge is 0.388 e. The van der Waals surface area contributed by atoms with Crippen LogP contribution in [0.15, 0.2) is 36.4 Å². The van der Waals surface area contributed by atoms with Gasteiger partial charge >= 0.3 is 0 Å². The smallest absolute Gasteiger partial charge is 0.123 e. The normalized spacial score (nSPS) is 12.5. The molecule has 100 valence electrons. The zero-order valence-corrected chi connectivity index (χ0v) is 13.4. The average molecular weight is 411 g/mol. The number of halogens is 4. The molecule has 0 aliphatic carbocycles. The first-order valence-electron chi connectivity index (χ1n) is 5.54. The minimum absolute atomic E-state index is 0.244. The van der Waals surface area contributed by atoms with E-state index in [4.69, 9.17) is 23.2 Å². The third kappa shape index (κ3) is 3.81. The molecule has 0 bridgehead atoms. The van der Waals surface area contributed by atoms with Gasteiger partial charge in [-0.2, -0.15) is 0 Å². The van der Waals surface area contributed by atoms with Gasteiger partial charge in [0.05, 0.1) is 11.1 Å². The summed E-state index contributed by atoms with van der Waals surface area (Å²) in [7, 11) is 0. The number of aliphatic hydroxyl groups excluding tert-OH is 1. The second-order valence-corrected chi connectivity index (χ2v) is 6.11. The van der Waals surface area contributed by atoms with Crippen molar-refractivity contribution in [1.29, 1.82) is 0 Å². The van der Waals surface area contributed by atoms with Gasteiger partial charge in [0.25, 0.3) is 0 Å². The second-order valence-electron chi connectivity index (χ2n) is 4.13. The van der Waals surface area contributed by atoms with Crippen molar-refractivity contribution in [2.45, 2.75) is 12.5 Å². The monoisotopic (exact) mass is 410 g/mol. The van der Waals surface area contributed by atoms with Crippen molar-refractivity contribution in [1.82, 2.24) is 0 Å². The number of hydrogen-bond acceptors (Lipinski definition) is 1. The van der Waals surface area contributed by atoms with Gasteiger partial charge in [-0.05, 0) is 64.0 Å². The number of aliphatic hydroxyl groups is 1. The third-order valence-electron chi connectivity index (χ3n) is 2.75. The summed E-state index contributed by atoms with van der Waals surface area (Å²) < 4.78 is 14.1. The molecule has 19 heavy (non-hydrogen) atoms. The van der Waals surface area contributed by atoms with Crippen molar-refractivity contribution >= 4 is 45.8 Å². The molecule has 5 heteroatoms. The highest BCUT2D eigenvalue weighted by Gasteiger charge is 2.13. The lowest BCUT2D eigenvalue weighted by atomic mass is 10.0. The lowest BCUT2D eigenvalue weighted by Gasteiger charge is -2.13. The molecular formula is C14H10Cl2FIO. The van der Waals surface area contributed by atoms with E-state index in [1.165, 1.54) is 18.2 Å². The summed E-state index contributed by atoms with van der Waals surface area (Å²) >= 11 is 14.1. The van der Waals surface area contributed by atoms with E-state index in [2.05, 4.69) is 22.6 Å². The fraction of sp³-hybridized carbons (Fsp3) is 0.143. The van der Waals surface area contributed by atoms with Crippen LogP contribution in [0.5, 0.6) is 0 Å². The molecule has 0 spiro atoms. The van der Waals surface area contributed by atoms with E-state index in [0.29, 0.717) is 21.2 Å². The number of benzene rings is 2. The van der Waals surface area contributed by atoms with Crippen molar-refractivity contribution in [3.8, 4) is 0 Å². The zero-order valence-electron chi connectivity index (χ0n) is 9.71. The van der Waals surface area contributed by atoms with Crippen LogP contribution in [0, 0.1) is 9.39 Å². The Morgan fingerprint density at radius 2 is 1.84 bits per heavy atom. The summed E-state index contributed by atoms with van der Waals surface area (Å²) in [6, 6.07) is 9.45. The van der Waals surface area contributed by atoms with Crippen LogP contribution >= 0.6 is 45.8 Å². The average Bonchev–Trinajstić information content (AvgIpc) is 2.37. The van der Waals surface area contributed by atoms with Crippen LogP contribution in [0.2, 0.25) is 10.0 Å². The summed E-state index contributed by atoms with van der Waals surface area (Å²) in [4.78, 5) is 0. The zero-order chi connectivity index (χ0) is 14.0. The molecule has 0 aliphatic heterocycles. The van der Waals surface area contributed by atoms with Crippen molar-refractivity contribution in [2.24, 2.45) is 0 Å². The molecule has 0 radical (unpaired) electrons. The molecule has 0 fully saturated rings. The first kappa shape index (κ1) is 15.0. The molecule has 2 rings (SSSR count). The molecule has 1 nitrogen and oxygen atoms in total. The minimum Gasteiger partial charge on any atom is -0.388 e. The molecular weight excluding hydrogens is 401 g/mol. The van der Waals surface area contributed by atoms with Crippen LogP contribution < -0.4 is 0 Å². The summed E-state index contributed by atoms with van der Waals surface area (Å²) in [5, 5.41) is 11.2. The topological polar surface area (TPSA) is 20.2 Å². The number of rotatable bonds is 3. The molecule has 0 heterocycles. The minimum atomic E-state index is -0.770. The summed E-state index contributed by atoms with van der Waals surface area (Å²) in [6.07, 6.45) is -0.526.